The number of ether oxygens (including phenoxy) is 2. The second kappa shape index (κ2) is 16.9. The molecule has 0 saturated heterocycles. The topological polar surface area (TPSA) is 34.1 Å². The predicted octanol–water partition coefficient (Wildman–Crippen LogP) is 10.4. The second-order valence-corrected chi connectivity index (χ2v) is 13.4. The number of aliphatic imine (C=N–C) groups is 1. The fourth-order valence-electron chi connectivity index (χ4n) is 7.78. The van der Waals surface area contributed by atoms with E-state index in [1.807, 2.05) is 19.4 Å². The first-order valence-electron chi connectivity index (χ1n) is 17.5. The molecule has 0 spiro atoms. The molecular weight excluding hydrogens is 552 g/mol. The van der Waals surface area contributed by atoms with Crippen LogP contribution in [0.4, 0.5) is 0 Å². The lowest BCUT2D eigenvalue weighted by atomic mass is 9.69. The number of rotatable bonds is 13. The van der Waals surface area contributed by atoms with Gasteiger partial charge in [0.15, 0.2) is 0 Å². The van der Waals surface area contributed by atoms with Crippen LogP contribution < -0.4 is 4.74 Å². The van der Waals surface area contributed by atoms with Crippen LogP contribution in [0, 0.1) is 23.7 Å². The highest BCUT2D eigenvalue weighted by atomic mass is 16.5. The smallest absolute Gasteiger partial charge is 0.146 e. The Morgan fingerprint density at radius 3 is 2.51 bits per heavy atom. The van der Waals surface area contributed by atoms with E-state index in [2.05, 4.69) is 81.8 Å². The molecular formula is C41H58N2O2. The Balaban J connectivity index is 1.53. The van der Waals surface area contributed by atoms with Crippen LogP contribution in [0.1, 0.15) is 103 Å². The van der Waals surface area contributed by atoms with Crippen LogP contribution in [0.15, 0.2) is 89.1 Å². The molecule has 4 rings (SSSR count). The average Bonchev–Trinajstić information content (AvgIpc) is 3.05. The van der Waals surface area contributed by atoms with Crippen LogP contribution in [0.5, 0.6) is 5.75 Å². The zero-order chi connectivity index (χ0) is 32.3. The molecule has 4 atom stereocenters. The molecule has 3 aliphatic rings. The van der Waals surface area contributed by atoms with E-state index in [0.29, 0.717) is 17.8 Å². The van der Waals surface area contributed by atoms with Gasteiger partial charge in [-0.2, -0.15) is 0 Å². The minimum absolute atomic E-state index is 0.0543. The molecule has 1 aromatic rings. The van der Waals surface area contributed by atoms with Crippen molar-refractivity contribution in [3.8, 4) is 5.75 Å². The Hall–Kier alpha value is -3.23. The van der Waals surface area contributed by atoms with Gasteiger partial charge < -0.3 is 14.4 Å². The van der Waals surface area contributed by atoms with Crippen LogP contribution in [0.3, 0.4) is 0 Å². The van der Waals surface area contributed by atoms with Crippen molar-refractivity contribution in [1.82, 2.24) is 4.90 Å². The van der Waals surface area contributed by atoms with Crippen LogP contribution in [0.2, 0.25) is 0 Å². The van der Waals surface area contributed by atoms with E-state index in [1.54, 1.807) is 7.11 Å². The normalized spacial score (nSPS) is 24.2. The van der Waals surface area contributed by atoms with Gasteiger partial charge in [-0.15, -0.1) is 5.73 Å². The summed E-state index contributed by atoms with van der Waals surface area (Å²) in [5.41, 5.74) is 10.1. The summed E-state index contributed by atoms with van der Waals surface area (Å²) in [4.78, 5) is 7.47. The maximum absolute atomic E-state index is 5.95. The van der Waals surface area contributed by atoms with Crippen LogP contribution in [-0.4, -0.2) is 37.9 Å². The number of allylic oxidation sites excluding steroid dienone is 5. The van der Waals surface area contributed by atoms with E-state index in [1.165, 1.54) is 68.9 Å². The number of likely N-dealkylation sites (N-methyl/N-ethyl adjacent to an activating group) is 1. The Morgan fingerprint density at radius 1 is 1.07 bits per heavy atom. The largest absolute Gasteiger partial charge is 0.496 e. The van der Waals surface area contributed by atoms with Gasteiger partial charge in [0.2, 0.25) is 0 Å². The second-order valence-electron chi connectivity index (χ2n) is 13.4. The zero-order valence-electron chi connectivity index (χ0n) is 29.0. The molecule has 0 radical (unpaired) electrons. The monoisotopic (exact) mass is 610 g/mol. The number of hydrogen-bond donors (Lipinski definition) is 0. The maximum atomic E-state index is 5.95. The van der Waals surface area contributed by atoms with E-state index >= 15 is 0 Å². The summed E-state index contributed by atoms with van der Waals surface area (Å²) in [5, 5.41) is 0. The third kappa shape index (κ3) is 8.53. The van der Waals surface area contributed by atoms with Gasteiger partial charge in [0, 0.05) is 36.5 Å². The minimum atomic E-state index is -0.0543. The Kier molecular flexibility index (Phi) is 13.0. The molecule has 1 aromatic carbocycles. The van der Waals surface area contributed by atoms with Gasteiger partial charge in [-0.05, 0) is 98.1 Å². The standard InChI is InChI=1S/C41H58N2O2/c1-9-11-15-25-43(10-2)38-23-22-36(31(6)41(38)45-8)40(29(3)4)42-28-34-19-16-20-35(30(34)5)37-27-33(21-24-39(37)44-7)26-32-17-13-12-14-18-32/h11,21-25,27,30,32,34-36H,3,6,9-10,12-14,16-20,26,28H2,1-2,4-5,7-8H3. The SMILES string of the molecule is C=C(C)C(=NCC1CCCC(c2cc(CC3CCCCC3)ccc2OC)C1C)C1C=CC(N(C=C=CCC)CC)=C(OC)C1=C. The third-order valence-corrected chi connectivity index (χ3v) is 10.4. The highest BCUT2D eigenvalue weighted by molar-refractivity contribution is 6.04. The maximum Gasteiger partial charge on any atom is 0.146 e. The van der Waals surface area contributed by atoms with E-state index in [-0.39, 0.29) is 5.92 Å². The van der Waals surface area contributed by atoms with Crippen molar-refractivity contribution in [2.75, 3.05) is 27.3 Å². The zero-order valence-corrected chi connectivity index (χ0v) is 29.0. The van der Waals surface area contributed by atoms with Crippen molar-refractivity contribution < 1.29 is 9.47 Å². The summed E-state index contributed by atoms with van der Waals surface area (Å²) in [7, 11) is 3.56. The molecule has 0 bridgehead atoms. The van der Waals surface area contributed by atoms with E-state index in [0.717, 1.165) is 59.5 Å². The first-order chi connectivity index (χ1) is 21.8. The van der Waals surface area contributed by atoms with Crippen LogP contribution in [-0.2, 0) is 11.2 Å². The molecule has 45 heavy (non-hydrogen) atoms. The van der Waals surface area contributed by atoms with Gasteiger partial charge in [0.05, 0.1) is 19.9 Å². The van der Waals surface area contributed by atoms with Gasteiger partial charge in [0.25, 0.3) is 0 Å². The molecule has 0 aromatic heterocycles. The summed E-state index contributed by atoms with van der Waals surface area (Å²) in [6.07, 6.45) is 21.1. The van der Waals surface area contributed by atoms with Gasteiger partial charge in [-0.1, -0.05) is 83.7 Å². The molecule has 0 N–H and O–H groups in total. The summed E-state index contributed by atoms with van der Waals surface area (Å²) in [6, 6.07) is 7.02. The first kappa shape index (κ1) is 34.6. The quantitative estimate of drug-likeness (QED) is 0.165. The fraction of sp³-hybridized carbons (Fsp3) is 0.561. The van der Waals surface area contributed by atoms with Gasteiger partial charge in [0.1, 0.15) is 11.5 Å². The molecule has 4 heteroatoms. The van der Waals surface area contributed by atoms with E-state index in [4.69, 9.17) is 14.5 Å². The molecule has 4 unspecified atom stereocenters. The lowest BCUT2D eigenvalue weighted by molar-refractivity contribution is 0.223. The van der Waals surface area contributed by atoms with Crippen molar-refractivity contribution in [3.63, 3.8) is 0 Å². The molecule has 0 heterocycles. The van der Waals surface area contributed by atoms with Crippen molar-refractivity contribution in [3.05, 3.63) is 95.2 Å². The molecule has 3 aliphatic carbocycles. The Bertz CT molecular complexity index is 1330. The fourth-order valence-corrected chi connectivity index (χ4v) is 7.78. The number of nitrogens with zero attached hydrogens (tertiary/aromatic N) is 2. The molecule has 0 amide bonds. The number of benzene rings is 1. The molecule has 2 fully saturated rings. The van der Waals surface area contributed by atoms with E-state index in [9.17, 15) is 0 Å². The predicted molar refractivity (Wildman–Crippen MR) is 191 cm³/mol. The lowest BCUT2D eigenvalue weighted by Gasteiger charge is -2.37. The van der Waals surface area contributed by atoms with Crippen molar-refractivity contribution in [1.29, 1.82) is 0 Å². The summed E-state index contributed by atoms with van der Waals surface area (Å²) in [6.45, 7) is 19.2. The first-order valence-corrected chi connectivity index (χ1v) is 17.5. The average molecular weight is 611 g/mol. The molecule has 2 saturated carbocycles. The lowest BCUT2D eigenvalue weighted by Crippen LogP contribution is -2.29. The van der Waals surface area contributed by atoms with Crippen molar-refractivity contribution in [2.24, 2.45) is 28.7 Å². The van der Waals surface area contributed by atoms with Gasteiger partial charge in [-0.3, -0.25) is 4.99 Å². The van der Waals surface area contributed by atoms with Crippen molar-refractivity contribution >= 4 is 5.71 Å². The number of hydrogen-bond acceptors (Lipinski definition) is 4. The summed E-state index contributed by atoms with van der Waals surface area (Å²) >= 11 is 0. The summed E-state index contributed by atoms with van der Waals surface area (Å²) < 4.78 is 11.9. The minimum Gasteiger partial charge on any atom is -0.496 e. The highest BCUT2D eigenvalue weighted by Crippen LogP contribution is 2.45. The number of methoxy groups -OCH3 is 2. The van der Waals surface area contributed by atoms with Crippen molar-refractivity contribution in [2.45, 2.75) is 97.8 Å². The third-order valence-electron chi connectivity index (χ3n) is 10.4. The molecule has 4 nitrogen and oxygen atoms in total. The van der Waals surface area contributed by atoms with Crippen LogP contribution in [0.25, 0.3) is 0 Å². The van der Waals surface area contributed by atoms with Gasteiger partial charge in [-0.25, -0.2) is 0 Å². The molecule has 244 valence electrons. The summed E-state index contributed by atoms with van der Waals surface area (Å²) in [5.74, 6) is 4.13. The molecule has 0 aliphatic heterocycles. The van der Waals surface area contributed by atoms with Gasteiger partial charge >= 0.3 is 0 Å². The van der Waals surface area contributed by atoms with E-state index < -0.39 is 0 Å². The Morgan fingerprint density at radius 2 is 1.84 bits per heavy atom. The van der Waals surface area contributed by atoms with Crippen LogP contribution >= 0.6 is 0 Å². The highest BCUT2D eigenvalue weighted by Gasteiger charge is 2.34. The Labute approximate surface area is 274 Å².